The number of carboxylic acids is 1. The van der Waals surface area contributed by atoms with E-state index in [1.54, 1.807) is 0 Å². The number of hydrogen-bond donors (Lipinski definition) is 2. The predicted octanol–water partition coefficient (Wildman–Crippen LogP) is 1.74. The summed E-state index contributed by atoms with van der Waals surface area (Å²) in [4.78, 5) is 12.9. The number of hydrogen-bond acceptors (Lipinski definition) is 3. The Balaban J connectivity index is 2.28. The Morgan fingerprint density at radius 1 is 1.26 bits per heavy atom. The number of nitrogens with zero attached hydrogens (tertiary/aromatic N) is 1. The zero-order chi connectivity index (χ0) is 14.3. The first-order valence-corrected chi connectivity index (χ1v) is 6.69. The topological polar surface area (TPSA) is 52.6 Å². The monoisotopic (exact) mass is 264 g/mol. The van der Waals surface area contributed by atoms with Crippen LogP contribution in [0.5, 0.6) is 0 Å². The van der Waals surface area contributed by atoms with E-state index in [0.717, 1.165) is 25.2 Å². The fourth-order valence-electron chi connectivity index (χ4n) is 1.70. The standard InChI is InChI=1S/C15H24N2O2/c1-12(2)17(3)9-8-16-11-14-6-4-13(5-7-14)10-15(18)19/h4-7,12,16H,8-11H2,1-3H3,(H,18,19). The summed E-state index contributed by atoms with van der Waals surface area (Å²) >= 11 is 0. The number of likely N-dealkylation sites (N-methyl/N-ethyl adjacent to an activating group) is 1. The minimum atomic E-state index is -0.789. The van der Waals surface area contributed by atoms with E-state index < -0.39 is 5.97 Å². The Kier molecular flexibility index (Phi) is 6.53. The van der Waals surface area contributed by atoms with Crippen LogP contribution < -0.4 is 5.32 Å². The molecule has 0 unspecified atom stereocenters. The van der Waals surface area contributed by atoms with Crippen LogP contribution in [0.4, 0.5) is 0 Å². The molecule has 0 aliphatic rings. The number of benzene rings is 1. The van der Waals surface area contributed by atoms with Gasteiger partial charge in [-0.1, -0.05) is 24.3 Å². The maximum absolute atomic E-state index is 10.6. The van der Waals surface area contributed by atoms with Gasteiger partial charge in [-0.25, -0.2) is 0 Å². The number of aliphatic carboxylic acids is 1. The summed E-state index contributed by atoms with van der Waals surface area (Å²) in [5.74, 6) is -0.789. The largest absolute Gasteiger partial charge is 0.481 e. The van der Waals surface area contributed by atoms with Gasteiger partial charge >= 0.3 is 5.97 Å². The van der Waals surface area contributed by atoms with E-state index in [2.05, 4.69) is 31.1 Å². The summed E-state index contributed by atoms with van der Waals surface area (Å²) in [5, 5.41) is 12.1. The number of carboxylic acid groups (broad SMARTS) is 1. The van der Waals surface area contributed by atoms with Crippen LogP contribution in [0.15, 0.2) is 24.3 Å². The van der Waals surface area contributed by atoms with Crippen LogP contribution >= 0.6 is 0 Å². The van der Waals surface area contributed by atoms with Crippen LogP contribution in [0.25, 0.3) is 0 Å². The summed E-state index contributed by atoms with van der Waals surface area (Å²) in [5.41, 5.74) is 2.03. The average Bonchev–Trinajstić information content (AvgIpc) is 2.35. The quantitative estimate of drug-likeness (QED) is 0.702. The first-order chi connectivity index (χ1) is 8.99. The third kappa shape index (κ3) is 6.36. The van der Waals surface area contributed by atoms with Crippen molar-refractivity contribution in [2.75, 3.05) is 20.1 Å². The lowest BCUT2D eigenvalue weighted by Crippen LogP contribution is -2.33. The van der Waals surface area contributed by atoms with Gasteiger partial charge in [0.25, 0.3) is 0 Å². The first kappa shape index (κ1) is 15.7. The normalized spacial score (nSPS) is 11.2. The maximum Gasteiger partial charge on any atom is 0.307 e. The first-order valence-electron chi connectivity index (χ1n) is 6.69. The molecule has 0 radical (unpaired) electrons. The second-order valence-electron chi connectivity index (χ2n) is 5.14. The lowest BCUT2D eigenvalue weighted by Gasteiger charge is -2.20. The predicted molar refractivity (Wildman–Crippen MR) is 77.3 cm³/mol. The Bertz CT molecular complexity index is 388. The van der Waals surface area contributed by atoms with Gasteiger partial charge in [-0.3, -0.25) is 4.79 Å². The maximum atomic E-state index is 10.6. The number of carbonyl (C=O) groups is 1. The zero-order valence-corrected chi connectivity index (χ0v) is 12.0. The lowest BCUT2D eigenvalue weighted by atomic mass is 10.1. The van der Waals surface area contributed by atoms with Crippen molar-refractivity contribution in [1.29, 1.82) is 0 Å². The summed E-state index contributed by atoms with van der Waals surface area (Å²) in [6.45, 7) is 7.15. The Labute approximate surface area is 115 Å². The SMILES string of the molecule is CC(C)N(C)CCNCc1ccc(CC(=O)O)cc1. The molecule has 0 heterocycles. The third-order valence-electron chi connectivity index (χ3n) is 3.23. The van der Waals surface area contributed by atoms with Crippen LogP contribution in [0, 0.1) is 0 Å². The molecule has 0 bridgehead atoms. The minimum absolute atomic E-state index is 0.0902. The molecule has 1 aromatic rings. The van der Waals surface area contributed by atoms with Crippen LogP contribution in [0.1, 0.15) is 25.0 Å². The molecule has 0 amide bonds. The highest BCUT2D eigenvalue weighted by atomic mass is 16.4. The smallest absolute Gasteiger partial charge is 0.307 e. The van der Waals surface area contributed by atoms with Gasteiger partial charge in [0, 0.05) is 25.7 Å². The lowest BCUT2D eigenvalue weighted by molar-refractivity contribution is -0.136. The van der Waals surface area contributed by atoms with Crippen molar-refractivity contribution >= 4 is 5.97 Å². The van der Waals surface area contributed by atoms with Gasteiger partial charge in [0.15, 0.2) is 0 Å². The van der Waals surface area contributed by atoms with Gasteiger partial charge in [-0.2, -0.15) is 0 Å². The van der Waals surface area contributed by atoms with E-state index in [1.807, 2.05) is 24.3 Å². The highest BCUT2D eigenvalue weighted by molar-refractivity contribution is 5.70. The number of rotatable bonds is 8. The van der Waals surface area contributed by atoms with Gasteiger partial charge in [0.05, 0.1) is 6.42 Å². The average molecular weight is 264 g/mol. The molecule has 4 nitrogen and oxygen atoms in total. The third-order valence-corrected chi connectivity index (χ3v) is 3.23. The van der Waals surface area contributed by atoms with Crippen molar-refractivity contribution in [3.8, 4) is 0 Å². The fraction of sp³-hybridized carbons (Fsp3) is 0.533. The zero-order valence-electron chi connectivity index (χ0n) is 12.0. The fourth-order valence-corrected chi connectivity index (χ4v) is 1.70. The van der Waals surface area contributed by atoms with Gasteiger partial charge in [0.2, 0.25) is 0 Å². The summed E-state index contributed by atoms with van der Waals surface area (Å²) in [7, 11) is 2.12. The van der Waals surface area contributed by atoms with Gasteiger partial charge in [0.1, 0.15) is 0 Å². The van der Waals surface area contributed by atoms with Gasteiger partial charge < -0.3 is 15.3 Å². The molecule has 4 heteroatoms. The highest BCUT2D eigenvalue weighted by Gasteiger charge is 2.02. The minimum Gasteiger partial charge on any atom is -0.481 e. The van der Waals surface area contributed by atoms with Crippen LogP contribution in [0.2, 0.25) is 0 Å². The van der Waals surface area contributed by atoms with E-state index in [1.165, 1.54) is 5.56 Å². The Hall–Kier alpha value is -1.39. The molecule has 2 N–H and O–H groups in total. The molecule has 0 fully saturated rings. The van der Waals surface area contributed by atoms with E-state index in [4.69, 9.17) is 5.11 Å². The summed E-state index contributed by atoms with van der Waals surface area (Å²) in [6, 6.07) is 8.29. The molecule has 0 aliphatic carbocycles. The van der Waals surface area contributed by atoms with Crippen molar-refractivity contribution in [2.45, 2.75) is 32.9 Å². The molecule has 0 aliphatic heterocycles. The van der Waals surface area contributed by atoms with Crippen molar-refractivity contribution < 1.29 is 9.90 Å². The molecule has 0 spiro atoms. The van der Waals surface area contributed by atoms with Crippen LogP contribution in [0.3, 0.4) is 0 Å². The summed E-state index contributed by atoms with van der Waals surface area (Å²) in [6.07, 6.45) is 0.0902. The van der Waals surface area contributed by atoms with Gasteiger partial charge in [-0.05, 0) is 32.0 Å². The molecular formula is C15H24N2O2. The van der Waals surface area contributed by atoms with E-state index in [0.29, 0.717) is 6.04 Å². The van der Waals surface area contributed by atoms with Crippen LogP contribution in [-0.4, -0.2) is 42.2 Å². The highest BCUT2D eigenvalue weighted by Crippen LogP contribution is 2.05. The molecule has 1 aromatic carbocycles. The molecule has 106 valence electrons. The molecule has 0 saturated heterocycles. The van der Waals surface area contributed by atoms with E-state index in [-0.39, 0.29) is 6.42 Å². The molecular weight excluding hydrogens is 240 g/mol. The van der Waals surface area contributed by atoms with E-state index >= 15 is 0 Å². The van der Waals surface area contributed by atoms with Crippen molar-refractivity contribution in [3.05, 3.63) is 35.4 Å². The Morgan fingerprint density at radius 2 is 1.84 bits per heavy atom. The van der Waals surface area contributed by atoms with Gasteiger partial charge in [-0.15, -0.1) is 0 Å². The summed E-state index contributed by atoms with van der Waals surface area (Å²) < 4.78 is 0. The molecule has 19 heavy (non-hydrogen) atoms. The van der Waals surface area contributed by atoms with Crippen molar-refractivity contribution in [3.63, 3.8) is 0 Å². The molecule has 1 rings (SSSR count). The van der Waals surface area contributed by atoms with E-state index in [9.17, 15) is 4.79 Å². The molecule has 0 atom stereocenters. The second-order valence-corrected chi connectivity index (χ2v) is 5.14. The molecule has 0 aromatic heterocycles. The second kappa shape index (κ2) is 7.92. The molecule has 0 saturated carbocycles. The van der Waals surface area contributed by atoms with Crippen molar-refractivity contribution in [2.24, 2.45) is 0 Å². The van der Waals surface area contributed by atoms with Crippen LogP contribution in [-0.2, 0) is 17.8 Å². The Morgan fingerprint density at radius 3 is 2.37 bits per heavy atom. The van der Waals surface area contributed by atoms with Crippen molar-refractivity contribution in [1.82, 2.24) is 10.2 Å². The number of nitrogens with one attached hydrogen (secondary N) is 1.